The average Bonchev–Trinajstić information content (AvgIpc) is 3.05. The fourth-order valence-corrected chi connectivity index (χ4v) is 3.36. The van der Waals surface area contributed by atoms with E-state index in [4.69, 9.17) is 4.74 Å². The summed E-state index contributed by atoms with van der Waals surface area (Å²) < 4.78 is 31.8. The Kier molecular flexibility index (Phi) is 3.39. The van der Waals surface area contributed by atoms with E-state index in [1.54, 1.807) is 0 Å². The third-order valence-electron chi connectivity index (χ3n) is 4.32. The number of amides is 1. The number of halogens is 2. The molecule has 1 aliphatic carbocycles. The molecule has 112 valence electrons. The van der Waals surface area contributed by atoms with E-state index in [1.165, 1.54) is 18.1 Å². The van der Waals surface area contributed by atoms with E-state index in [1.807, 2.05) is 0 Å². The lowest BCUT2D eigenvalue weighted by Gasteiger charge is -2.29. The molecule has 6 heteroatoms. The molecule has 0 aromatic heterocycles. The van der Waals surface area contributed by atoms with Gasteiger partial charge in [0, 0.05) is 6.42 Å². The van der Waals surface area contributed by atoms with Crippen LogP contribution in [0, 0.1) is 11.6 Å². The van der Waals surface area contributed by atoms with Crippen LogP contribution in [0.4, 0.5) is 8.78 Å². The molecule has 1 aromatic carbocycles. The van der Waals surface area contributed by atoms with E-state index in [0.29, 0.717) is 30.4 Å². The van der Waals surface area contributed by atoms with E-state index in [9.17, 15) is 18.4 Å². The van der Waals surface area contributed by atoms with E-state index >= 15 is 0 Å². The SMILES string of the molecule is COC(=O)C1CCC(=O)N1C1CCc2c1ccc(F)c2F. The maximum Gasteiger partial charge on any atom is 0.328 e. The minimum atomic E-state index is -0.883. The van der Waals surface area contributed by atoms with Crippen molar-refractivity contribution in [2.45, 2.75) is 37.8 Å². The van der Waals surface area contributed by atoms with E-state index in [0.717, 1.165) is 6.07 Å². The number of fused-ring (bicyclic) bond motifs is 1. The predicted octanol–water partition coefficient (Wildman–Crippen LogP) is 2.12. The molecule has 2 unspecified atom stereocenters. The Bertz CT molecular complexity index is 617. The minimum absolute atomic E-state index is 0.145. The summed E-state index contributed by atoms with van der Waals surface area (Å²) in [7, 11) is 1.28. The summed E-state index contributed by atoms with van der Waals surface area (Å²) in [4.78, 5) is 25.4. The van der Waals surface area contributed by atoms with Crippen LogP contribution in [0.15, 0.2) is 12.1 Å². The number of hydrogen-bond acceptors (Lipinski definition) is 3. The lowest BCUT2D eigenvalue weighted by atomic mass is 10.1. The first kappa shape index (κ1) is 14.0. The van der Waals surface area contributed by atoms with Crippen molar-refractivity contribution in [2.75, 3.05) is 7.11 Å². The van der Waals surface area contributed by atoms with Crippen molar-refractivity contribution in [3.05, 3.63) is 34.9 Å². The van der Waals surface area contributed by atoms with E-state index in [2.05, 4.69) is 0 Å². The Morgan fingerprint density at radius 2 is 2.05 bits per heavy atom. The van der Waals surface area contributed by atoms with Crippen molar-refractivity contribution in [2.24, 2.45) is 0 Å². The van der Waals surface area contributed by atoms with Crippen molar-refractivity contribution < 1.29 is 23.1 Å². The summed E-state index contributed by atoms with van der Waals surface area (Å²) in [6, 6.07) is 1.56. The topological polar surface area (TPSA) is 46.6 Å². The second-order valence-corrected chi connectivity index (χ2v) is 5.36. The van der Waals surface area contributed by atoms with Crippen LogP contribution in [0.25, 0.3) is 0 Å². The molecule has 0 spiro atoms. The zero-order chi connectivity index (χ0) is 15.1. The van der Waals surface area contributed by atoms with Gasteiger partial charge in [0.15, 0.2) is 11.6 Å². The Morgan fingerprint density at radius 1 is 1.29 bits per heavy atom. The molecule has 2 atom stereocenters. The monoisotopic (exact) mass is 295 g/mol. The van der Waals surface area contributed by atoms with E-state index in [-0.39, 0.29) is 18.4 Å². The highest BCUT2D eigenvalue weighted by Crippen LogP contribution is 2.41. The first-order chi connectivity index (χ1) is 10.0. The smallest absolute Gasteiger partial charge is 0.328 e. The predicted molar refractivity (Wildman–Crippen MR) is 69.3 cm³/mol. The highest BCUT2D eigenvalue weighted by atomic mass is 19.2. The fraction of sp³-hybridized carbons (Fsp3) is 0.467. The van der Waals surface area contributed by atoms with Crippen LogP contribution in [0.3, 0.4) is 0 Å². The molecule has 1 aliphatic heterocycles. The van der Waals surface area contributed by atoms with Gasteiger partial charge in [-0.15, -0.1) is 0 Å². The van der Waals surface area contributed by atoms with Gasteiger partial charge in [0.1, 0.15) is 6.04 Å². The van der Waals surface area contributed by atoms with Gasteiger partial charge in [0.05, 0.1) is 13.2 Å². The molecule has 0 radical (unpaired) electrons. The zero-order valence-electron chi connectivity index (χ0n) is 11.6. The van der Waals surface area contributed by atoms with Gasteiger partial charge in [-0.3, -0.25) is 4.79 Å². The second kappa shape index (κ2) is 5.09. The van der Waals surface area contributed by atoms with Gasteiger partial charge in [-0.25, -0.2) is 13.6 Å². The lowest BCUT2D eigenvalue weighted by Crippen LogP contribution is -2.41. The number of ether oxygens (including phenoxy) is 1. The molecule has 1 saturated heterocycles. The third kappa shape index (κ3) is 2.09. The van der Waals surface area contributed by atoms with Crippen molar-refractivity contribution in [3.63, 3.8) is 0 Å². The lowest BCUT2D eigenvalue weighted by molar-refractivity contribution is -0.150. The molecule has 3 rings (SSSR count). The van der Waals surface area contributed by atoms with Crippen molar-refractivity contribution in [1.82, 2.24) is 4.90 Å². The number of esters is 1. The van der Waals surface area contributed by atoms with Gasteiger partial charge in [-0.2, -0.15) is 0 Å². The molecule has 2 aliphatic rings. The molecule has 1 fully saturated rings. The van der Waals surface area contributed by atoms with Crippen LogP contribution in [-0.2, 0) is 20.7 Å². The molecule has 1 heterocycles. The van der Waals surface area contributed by atoms with Gasteiger partial charge >= 0.3 is 5.97 Å². The number of rotatable bonds is 2. The van der Waals surface area contributed by atoms with E-state index < -0.39 is 23.6 Å². The zero-order valence-corrected chi connectivity index (χ0v) is 11.6. The summed E-state index contributed by atoms with van der Waals surface area (Å²) in [5, 5.41) is 0. The Labute approximate surface area is 120 Å². The molecule has 21 heavy (non-hydrogen) atoms. The molecule has 1 aromatic rings. The fourth-order valence-electron chi connectivity index (χ4n) is 3.36. The summed E-state index contributed by atoms with van der Waals surface area (Å²) >= 11 is 0. The summed E-state index contributed by atoms with van der Waals surface area (Å²) in [6.45, 7) is 0. The molecular formula is C15H15F2NO3. The quantitative estimate of drug-likeness (QED) is 0.785. The number of methoxy groups -OCH3 is 1. The highest BCUT2D eigenvalue weighted by molar-refractivity contribution is 5.88. The molecule has 4 nitrogen and oxygen atoms in total. The maximum atomic E-state index is 13.8. The van der Waals surface area contributed by atoms with Gasteiger partial charge < -0.3 is 9.64 Å². The minimum Gasteiger partial charge on any atom is -0.467 e. The van der Waals surface area contributed by atoms with Crippen LogP contribution in [0.5, 0.6) is 0 Å². The second-order valence-electron chi connectivity index (χ2n) is 5.36. The van der Waals surface area contributed by atoms with Gasteiger partial charge in [0.25, 0.3) is 0 Å². The van der Waals surface area contributed by atoms with Crippen molar-refractivity contribution >= 4 is 11.9 Å². The summed E-state index contributed by atoms with van der Waals surface area (Å²) in [6.07, 6.45) is 1.53. The third-order valence-corrected chi connectivity index (χ3v) is 4.32. The maximum absolute atomic E-state index is 13.8. The van der Waals surface area contributed by atoms with Crippen LogP contribution >= 0.6 is 0 Å². The number of carbonyl (C=O) groups excluding carboxylic acids is 2. The van der Waals surface area contributed by atoms with Crippen LogP contribution < -0.4 is 0 Å². The number of carbonyl (C=O) groups is 2. The first-order valence-electron chi connectivity index (χ1n) is 6.90. The Hall–Kier alpha value is -1.98. The summed E-state index contributed by atoms with van der Waals surface area (Å²) in [5.74, 6) is -2.34. The van der Waals surface area contributed by atoms with Crippen LogP contribution in [0.1, 0.15) is 36.4 Å². The Morgan fingerprint density at radius 3 is 2.76 bits per heavy atom. The Balaban J connectivity index is 1.98. The molecule has 1 amide bonds. The highest BCUT2D eigenvalue weighted by Gasteiger charge is 2.44. The molecule has 0 saturated carbocycles. The average molecular weight is 295 g/mol. The van der Waals surface area contributed by atoms with Crippen LogP contribution in [0.2, 0.25) is 0 Å². The number of hydrogen-bond donors (Lipinski definition) is 0. The van der Waals surface area contributed by atoms with Crippen molar-refractivity contribution in [1.29, 1.82) is 0 Å². The van der Waals surface area contributed by atoms with Gasteiger partial charge in [-0.1, -0.05) is 6.07 Å². The molecular weight excluding hydrogens is 280 g/mol. The van der Waals surface area contributed by atoms with Gasteiger partial charge in [-0.05, 0) is 36.5 Å². The number of likely N-dealkylation sites (tertiary alicyclic amines) is 1. The number of nitrogens with zero attached hydrogens (tertiary/aromatic N) is 1. The van der Waals surface area contributed by atoms with Gasteiger partial charge in [0.2, 0.25) is 5.91 Å². The standard InChI is InChI=1S/C15H15F2NO3/c1-21-15(20)12-6-7-13(19)18(12)11-5-3-9-8(11)2-4-10(16)14(9)17/h2,4,11-12H,3,5-7H2,1H3. The molecule has 0 bridgehead atoms. The van der Waals surface area contributed by atoms with Crippen molar-refractivity contribution in [3.8, 4) is 0 Å². The summed E-state index contributed by atoms with van der Waals surface area (Å²) in [5.41, 5.74) is 0.904. The number of benzene rings is 1. The normalized spacial score (nSPS) is 24.3. The van der Waals surface area contributed by atoms with Crippen LogP contribution in [-0.4, -0.2) is 29.9 Å². The molecule has 0 N–H and O–H groups in total. The first-order valence-corrected chi connectivity index (χ1v) is 6.90. The largest absolute Gasteiger partial charge is 0.467 e.